The summed E-state index contributed by atoms with van der Waals surface area (Å²) in [7, 11) is 0. The number of amides is 1. The minimum Gasteiger partial charge on any atom is -0.481 e. The molecule has 2 N–H and O–H groups in total. The normalized spacial score (nSPS) is 26.7. The summed E-state index contributed by atoms with van der Waals surface area (Å²) in [6.07, 6.45) is 4.95. The first-order valence-corrected chi connectivity index (χ1v) is 8.19. The molecule has 0 radical (unpaired) electrons. The molecule has 1 aliphatic heterocycles. The van der Waals surface area contributed by atoms with Crippen molar-refractivity contribution in [2.45, 2.75) is 52.0 Å². The minimum absolute atomic E-state index is 0.0270. The van der Waals surface area contributed by atoms with Crippen LogP contribution >= 0.6 is 0 Å². The van der Waals surface area contributed by atoms with E-state index in [1.807, 2.05) is 18.7 Å². The molecular weight excluding hydrogens is 268 g/mol. The topological polar surface area (TPSA) is 69.6 Å². The zero-order chi connectivity index (χ0) is 15.4. The predicted octanol–water partition coefficient (Wildman–Crippen LogP) is 1.72. The molecule has 2 rings (SSSR count). The maximum absolute atomic E-state index is 12.2. The number of rotatable bonds is 6. The lowest BCUT2D eigenvalue weighted by Crippen LogP contribution is -2.53. The molecule has 1 saturated heterocycles. The summed E-state index contributed by atoms with van der Waals surface area (Å²) >= 11 is 0. The second-order valence-electron chi connectivity index (χ2n) is 7.00. The average Bonchev–Trinajstić information content (AvgIpc) is 2.34. The second-order valence-corrected chi connectivity index (χ2v) is 7.00. The SMILES string of the molecule is CC(C)C(=O)N1CC(CC(=O)O)CC(NCC2CCC2)C1. The number of hydrogen-bond acceptors (Lipinski definition) is 3. The predicted molar refractivity (Wildman–Crippen MR) is 80.9 cm³/mol. The van der Waals surface area contributed by atoms with Crippen LogP contribution in [0.4, 0.5) is 0 Å². The third-order valence-corrected chi connectivity index (χ3v) is 4.73. The quantitative estimate of drug-likeness (QED) is 0.783. The molecule has 1 aliphatic carbocycles. The number of carboxylic acids is 1. The van der Waals surface area contributed by atoms with Gasteiger partial charge in [-0.25, -0.2) is 0 Å². The van der Waals surface area contributed by atoms with E-state index >= 15 is 0 Å². The van der Waals surface area contributed by atoms with Crippen LogP contribution < -0.4 is 5.32 Å². The summed E-state index contributed by atoms with van der Waals surface area (Å²) in [6.45, 7) is 6.12. The van der Waals surface area contributed by atoms with Crippen LogP contribution in [-0.4, -0.2) is 47.6 Å². The van der Waals surface area contributed by atoms with E-state index in [9.17, 15) is 9.59 Å². The van der Waals surface area contributed by atoms with Crippen molar-refractivity contribution in [3.8, 4) is 0 Å². The van der Waals surface area contributed by atoms with Gasteiger partial charge in [0, 0.05) is 31.5 Å². The van der Waals surface area contributed by atoms with Crippen LogP contribution in [-0.2, 0) is 9.59 Å². The highest BCUT2D eigenvalue weighted by Crippen LogP contribution is 2.27. The standard InChI is InChI=1S/C16H28N2O3/c1-11(2)16(21)18-9-13(7-15(19)20)6-14(10-18)17-8-12-4-3-5-12/h11-14,17H,3-10H2,1-2H3,(H,19,20). The summed E-state index contributed by atoms with van der Waals surface area (Å²) in [5, 5.41) is 12.6. The number of nitrogens with one attached hydrogen (secondary N) is 1. The van der Waals surface area contributed by atoms with E-state index in [2.05, 4.69) is 5.32 Å². The second kappa shape index (κ2) is 7.25. The van der Waals surface area contributed by atoms with Crippen LogP contribution in [0.25, 0.3) is 0 Å². The van der Waals surface area contributed by atoms with Crippen molar-refractivity contribution in [1.29, 1.82) is 0 Å². The largest absolute Gasteiger partial charge is 0.481 e. The number of hydrogen-bond donors (Lipinski definition) is 2. The fourth-order valence-electron chi connectivity index (χ4n) is 3.32. The van der Waals surface area contributed by atoms with E-state index in [-0.39, 0.29) is 30.2 Å². The van der Waals surface area contributed by atoms with Crippen molar-refractivity contribution in [2.24, 2.45) is 17.8 Å². The monoisotopic (exact) mass is 296 g/mol. The van der Waals surface area contributed by atoms with Crippen molar-refractivity contribution < 1.29 is 14.7 Å². The van der Waals surface area contributed by atoms with Gasteiger partial charge in [-0.3, -0.25) is 9.59 Å². The molecule has 1 heterocycles. The lowest BCUT2D eigenvalue weighted by atomic mass is 9.84. The molecule has 2 atom stereocenters. The maximum atomic E-state index is 12.2. The molecule has 2 fully saturated rings. The molecule has 1 amide bonds. The summed E-state index contributed by atoms with van der Waals surface area (Å²) in [5.41, 5.74) is 0. The van der Waals surface area contributed by atoms with Gasteiger partial charge >= 0.3 is 5.97 Å². The molecule has 0 aromatic rings. The maximum Gasteiger partial charge on any atom is 0.303 e. The van der Waals surface area contributed by atoms with Crippen molar-refractivity contribution in [3.05, 3.63) is 0 Å². The number of carbonyl (C=O) groups is 2. The molecule has 0 bridgehead atoms. The smallest absolute Gasteiger partial charge is 0.303 e. The Balaban J connectivity index is 1.91. The fourth-order valence-corrected chi connectivity index (χ4v) is 3.32. The van der Waals surface area contributed by atoms with Crippen LogP contribution in [0.5, 0.6) is 0 Å². The molecule has 5 heteroatoms. The highest BCUT2D eigenvalue weighted by Gasteiger charge is 2.32. The Morgan fingerprint density at radius 2 is 1.95 bits per heavy atom. The van der Waals surface area contributed by atoms with Crippen molar-refractivity contribution in [1.82, 2.24) is 10.2 Å². The van der Waals surface area contributed by atoms with Crippen LogP contribution in [0.2, 0.25) is 0 Å². The Morgan fingerprint density at radius 1 is 1.24 bits per heavy atom. The van der Waals surface area contributed by atoms with E-state index in [0.29, 0.717) is 6.54 Å². The molecule has 120 valence electrons. The Bertz CT molecular complexity index is 380. The van der Waals surface area contributed by atoms with E-state index in [0.717, 1.165) is 25.4 Å². The van der Waals surface area contributed by atoms with Gasteiger partial charge in [0.25, 0.3) is 0 Å². The first-order valence-electron chi connectivity index (χ1n) is 8.19. The van der Waals surface area contributed by atoms with Gasteiger partial charge in [-0.1, -0.05) is 20.3 Å². The number of carbonyl (C=O) groups excluding carboxylic acids is 1. The Labute approximate surface area is 127 Å². The number of piperidine rings is 1. The van der Waals surface area contributed by atoms with Gasteiger partial charge in [0.1, 0.15) is 0 Å². The summed E-state index contributed by atoms with van der Waals surface area (Å²) < 4.78 is 0. The minimum atomic E-state index is -0.767. The molecule has 1 saturated carbocycles. The summed E-state index contributed by atoms with van der Waals surface area (Å²) in [4.78, 5) is 25.1. The zero-order valence-corrected chi connectivity index (χ0v) is 13.2. The summed E-state index contributed by atoms with van der Waals surface area (Å²) in [5.74, 6) is 0.190. The fraction of sp³-hybridized carbons (Fsp3) is 0.875. The van der Waals surface area contributed by atoms with Crippen LogP contribution in [0, 0.1) is 17.8 Å². The Hall–Kier alpha value is -1.10. The first kappa shape index (κ1) is 16.3. The zero-order valence-electron chi connectivity index (χ0n) is 13.2. The van der Waals surface area contributed by atoms with Gasteiger partial charge in [-0.05, 0) is 37.6 Å². The van der Waals surface area contributed by atoms with Gasteiger partial charge in [0.2, 0.25) is 5.91 Å². The molecular formula is C16H28N2O3. The number of aliphatic carboxylic acids is 1. The van der Waals surface area contributed by atoms with E-state index < -0.39 is 5.97 Å². The van der Waals surface area contributed by atoms with Crippen LogP contribution in [0.3, 0.4) is 0 Å². The molecule has 5 nitrogen and oxygen atoms in total. The van der Waals surface area contributed by atoms with E-state index in [4.69, 9.17) is 5.11 Å². The third-order valence-electron chi connectivity index (χ3n) is 4.73. The van der Waals surface area contributed by atoms with Gasteiger partial charge in [0.05, 0.1) is 0 Å². The molecule has 0 aromatic carbocycles. The molecule has 0 spiro atoms. The van der Waals surface area contributed by atoms with Crippen molar-refractivity contribution in [2.75, 3.05) is 19.6 Å². The lowest BCUT2D eigenvalue weighted by molar-refractivity contribution is -0.142. The van der Waals surface area contributed by atoms with E-state index in [1.165, 1.54) is 19.3 Å². The molecule has 2 aliphatic rings. The lowest BCUT2D eigenvalue weighted by Gasteiger charge is -2.39. The molecule has 21 heavy (non-hydrogen) atoms. The molecule has 0 aromatic heterocycles. The van der Waals surface area contributed by atoms with Gasteiger partial charge in [-0.2, -0.15) is 0 Å². The highest BCUT2D eigenvalue weighted by atomic mass is 16.4. The van der Waals surface area contributed by atoms with Crippen molar-refractivity contribution in [3.63, 3.8) is 0 Å². The Kier molecular flexibility index (Phi) is 5.62. The number of carboxylic acid groups (broad SMARTS) is 1. The Morgan fingerprint density at radius 3 is 2.48 bits per heavy atom. The van der Waals surface area contributed by atoms with E-state index in [1.54, 1.807) is 0 Å². The third kappa shape index (κ3) is 4.70. The average molecular weight is 296 g/mol. The van der Waals surface area contributed by atoms with Gasteiger partial charge < -0.3 is 15.3 Å². The first-order chi connectivity index (χ1) is 9.95. The van der Waals surface area contributed by atoms with Crippen LogP contribution in [0.15, 0.2) is 0 Å². The number of likely N-dealkylation sites (tertiary alicyclic amines) is 1. The van der Waals surface area contributed by atoms with Crippen LogP contribution in [0.1, 0.15) is 46.0 Å². The number of nitrogens with zero attached hydrogens (tertiary/aromatic N) is 1. The summed E-state index contributed by atoms with van der Waals surface area (Å²) in [6, 6.07) is 0.242. The van der Waals surface area contributed by atoms with Gasteiger partial charge in [-0.15, -0.1) is 0 Å². The van der Waals surface area contributed by atoms with Gasteiger partial charge in [0.15, 0.2) is 0 Å². The van der Waals surface area contributed by atoms with Crippen molar-refractivity contribution >= 4 is 11.9 Å². The highest BCUT2D eigenvalue weighted by molar-refractivity contribution is 5.78. The molecule has 2 unspecified atom stereocenters.